The molecular formula is C28H31FN4O4S. The van der Waals surface area contributed by atoms with Crippen LogP contribution in [0.4, 0.5) is 15.9 Å². The first-order valence-electron chi connectivity index (χ1n) is 13.0. The zero-order chi connectivity index (χ0) is 26.3. The second-order valence-corrected chi connectivity index (χ2v) is 12.6. The van der Waals surface area contributed by atoms with E-state index in [0.717, 1.165) is 25.5 Å². The summed E-state index contributed by atoms with van der Waals surface area (Å²) in [6, 6.07) is 14.9. The molecule has 1 aromatic heterocycles. The van der Waals surface area contributed by atoms with Crippen LogP contribution in [0, 0.1) is 12.7 Å². The Morgan fingerprint density at radius 1 is 1.08 bits per heavy atom. The summed E-state index contributed by atoms with van der Waals surface area (Å²) in [4.78, 5) is 11.2. The molecule has 3 fully saturated rings. The molecule has 1 saturated carbocycles. The normalized spacial score (nSPS) is 23.7. The molecule has 6 rings (SSSR count). The van der Waals surface area contributed by atoms with Gasteiger partial charge in [0.05, 0.1) is 34.6 Å². The number of nitrogens with zero attached hydrogens (tertiary/aromatic N) is 3. The summed E-state index contributed by atoms with van der Waals surface area (Å²) in [7, 11) is -3.46. The quantitative estimate of drug-likeness (QED) is 0.451. The maximum atomic E-state index is 14.9. The third-order valence-corrected chi connectivity index (χ3v) is 9.90. The van der Waals surface area contributed by atoms with Crippen LogP contribution in [0.15, 0.2) is 59.8 Å². The number of rotatable bonds is 8. The largest absolute Gasteiger partial charge is 0.474 e. The van der Waals surface area contributed by atoms with Gasteiger partial charge in [-0.25, -0.2) is 22.8 Å². The Morgan fingerprint density at radius 2 is 1.82 bits per heavy atom. The first kappa shape index (κ1) is 25.2. The van der Waals surface area contributed by atoms with E-state index in [-0.39, 0.29) is 34.0 Å². The Bertz CT molecular complexity index is 1400. The second-order valence-electron chi connectivity index (χ2n) is 10.4. The molecule has 2 bridgehead atoms. The molecule has 2 aliphatic heterocycles. The van der Waals surface area contributed by atoms with Crippen LogP contribution >= 0.6 is 0 Å². The summed E-state index contributed by atoms with van der Waals surface area (Å²) < 4.78 is 52.0. The molecule has 200 valence electrons. The third-order valence-electron chi connectivity index (χ3n) is 7.64. The first-order chi connectivity index (χ1) is 18.4. The van der Waals surface area contributed by atoms with Gasteiger partial charge >= 0.3 is 0 Å². The lowest BCUT2D eigenvalue weighted by atomic mass is 9.91. The van der Waals surface area contributed by atoms with E-state index in [1.165, 1.54) is 24.0 Å². The number of morpholine rings is 1. The Balaban J connectivity index is 1.15. The van der Waals surface area contributed by atoms with Crippen molar-refractivity contribution in [3.8, 4) is 5.88 Å². The number of sulfone groups is 1. The van der Waals surface area contributed by atoms with Crippen molar-refractivity contribution in [2.24, 2.45) is 0 Å². The van der Waals surface area contributed by atoms with E-state index in [0.29, 0.717) is 43.3 Å². The van der Waals surface area contributed by atoms with Gasteiger partial charge in [-0.1, -0.05) is 30.3 Å². The average Bonchev–Trinajstić information content (AvgIpc) is 3.75. The van der Waals surface area contributed by atoms with Gasteiger partial charge in [0, 0.05) is 31.5 Å². The molecule has 2 aromatic carbocycles. The van der Waals surface area contributed by atoms with Gasteiger partial charge in [0.25, 0.3) is 0 Å². The Labute approximate surface area is 222 Å². The fourth-order valence-electron chi connectivity index (χ4n) is 5.40. The van der Waals surface area contributed by atoms with Gasteiger partial charge in [-0.05, 0) is 43.5 Å². The molecule has 1 unspecified atom stereocenters. The molecule has 38 heavy (non-hydrogen) atoms. The molecule has 2 saturated heterocycles. The lowest BCUT2D eigenvalue weighted by Gasteiger charge is -2.48. The number of nitrogens with one attached hydrogen (secondary N) is 1. The summed E-state index contributed by atoms with van der Waals surface area (Å²) in [6.07, 6.45) is 4.28. The van der Waals surface area contributed by atoms with Crippen molar-refractivity contribution in [2.45, 2.75) is 67.5 Å². The van der Waals surface area contributed by atoms with Crippen molar-refractivity contribution in [1.82, 2.24) is 14.9 Å². The zero-order valence-electron chi connectivity index (χ0n) is 21.2. The predicted octanol–water partition coefficient (Wildman–Crippen LogP) is 4.41. The minimum atomic E-state index is -3.46. The molecule has 1 aliphatic carbocycles. The first-order valence-corrected chi connectivity index (χ1v) is 14.6. The molecule has 3 aliphatic rings. The van der Waals surface area contributed by atoms with Crippen molar-refractivity contribution in [1.29, 1.82) is 0 Å². The van der Waals surface area contributed by atoms with Gasteiger partial charge in [0.1, 0.15) is 24.1 Å². The molecule has 1 N–H and O–H groups in total. The van der Waals surface area contributed by atoms with Crippen LogP contribution in [0.25, 0.3) is 0 Å². The Kier molecular flexibility index (Phi) is 6.79. The summed E-state index contributed by atoms with van der Waals surface area (Å²) in [5.74, 6) is 0.221. The summed E-state index contributed by atoms with van der Waals surface area (Å²) in [5, 5.41) is 2.60. The van der Waals surface area contributed by atoms with E-state index in [2.05, 4.69) is 44.5 Å². The van der Waals surface area contributed by atoms with Crippen LogP contribution in [-0.4, -0.2) is 59.9 Å². The Hall–Kier alpha value is -3.08. The van der Waals surface area contributed by atoms with Crippen molar-refractivity contribution in [3.05, 3.63) is 71.8 Å². The number of hydrogen-bond acceptors (Lipinski definition) is 8. The lowest BCUT2D eigenvalue weighted by molar-refractivity contribution is -0.104. The summed E-state index contributed by atoms with van der Waals surface area (Å²) in [6.45, 7) is 4.06. The van der Waals surface area contributed by atoms with Gasteiger partial charge in [0.2, 0.25) is 5.88 Å². The maximum Gasteiger partial charge on any atom is 0.221 e. The van der Waals surface area contributed by atoms with Crippen molar-refractivity contribution in [3.63, 3.8) is 0 Å². The number of piperidine rings is 1. The van der Waals surface area contributed by atoms with E-state index in [1.807, 2.05) is 13.0 Å². The highest BCUT2D eigenvalue weighted by molar-refractivity contribution is 7.92. The summed E-state index contributed by atoms with van der Waals surface area (Å²) >= 11 is 0. The van der Waals surface area contributed by atoms with E-state index in [1.54, 1.807) is 0 Å². The van der Waals surface area contributed by atoms with Crippen molar-refractivity contribution < 1.29 is 22.3 Å². The highest BCUT2D eigenvalue weighted by atomic mass is 32.2. The molecule has 0 radical (unpaired) electrons. The molecule has 0 spiro atoms. The van der Waals surface area contributed by atoms with E-state index >= 15 is 0 Å². The molecule has 8 nitrogen and oxygen atoms in total. The average molecular weight is 539 g/mol. The maximum absolute atomic E-state index is 14.9. The number of halogens is 1. The van der Waals surface area contributed by atoms with Crippen LogP contribution < -0.4 is 10.1 Å². The van der Waals surface area contributed by atoms with Gasteiger partial charge in [0.15, 0.2) is 9.84 Å². The van der Waals surface area contributed by atoms with E-state index < -0.39 is 15.7 Å². The molecule has 3 atom stereocenters. The predicted molar refractivity (Wildman–Crippen MR) is 141 cm³/mol. The van der Waals surface area contributed by atoms with Crippen molar-refractivity contribution in [2.75, 3.05) is 18.5 Å². The molecular weight excluding hydrogens is 507 g/mol. The molecule has 10 heteroatoms. The second kappa shape index (κ2) is 10.2. The SMILES string of the molecule is Cc1c(Nc2ccc(S(=O)(=O)C3CC3)cc2F)ncnc1O[C@@H]1CC2COC[C@@H](C1)N2Cc1ccccc1. The standard InChI is InChI=1S/C28H31FN4O4S/c1-18-27(32-26-10-9-24(13-25(26)29)38(34,35)23-7-8-23)30-17-31-28(18)37-22-11-20-15-36-16-21(12-22)33(20)14-19-5-3-2-4-6-19/h2-6,9-10,13,17,20-23H,7-8,11-12,14-16H2,1H3,(H,30,31,32)/t20-,21?,22+/m1/s1. The summed E-state index contributed by atoms with van der Waals surface area (Å²) in [5.41, 5.74) is 2.10. The van der Waals surface area contributed by atoms with E-state index in [4.69, 9.17) is 9.47 Å². The minimum absolute atomic E-state index is 0.0135. The number of benzene rings is 2. The number of aromatic nitrogens is 2. The third kappa shape index (κ3) is 5.12. The number of hydrogen-bond donors (Lipinski definition) is 1. The van der Waals surface area contributed by atoms with Gasteiger partial charge < -0.3 is 14.8 Å². The smallest absolute Gasteiger partial charge is 0.221 e. The highest BCUT2D eigenvalue weighted by Gasteiger charge is 2.40. The van der Waals surface area contributed by atoms with Gasteiger partial charge in [-0.15, -0.1) is 0 Å². The molecule has 0 amide bonds. The van der Waals surface area contributed by atoms with Crippen LogP contribution in [0.2, 0.25) is 0 Å². The van der Waals surface area contributed by atoms with Gasteiger partial charge in [-0.2, -0.15) is 0 Å². The number of ether oxygens (including phenoxy) is 2. The number of anilines is 2. The van der Waals surface area contributed by atoms with Crippen molar-refractivity contribution >= 4 is 21.3 Å². The van der Waals surface area contributed by atoms with E-state index in [9.17, 15) is 12.8 Å². The zero-order valence-corrected chi connectivity index (χ0v) is 22.0. The van der Waals surface area contributed by atoms with Gasteiger partial charge in [-0.3, -0.25) is 4.90 Å². The van der Waals surface area contributed by atoms with Crippen LogP contribution in [0.5, 0.6) is 5.88 Å². The van der Waals surface area contributed by atoms with Crippen LogP contribution in [0.3, 0.4) is 0 Å². The molecule has 3 heterocycles. The van der Waals surface area contributed by atoms with Crippen LogP contribution in [0.1, 0.15) is 36.8 Å². The minimum Gasteiger partial charge on any atom is -0.474 e. The fraction of sp³-hybridized carbons (Fsp3) is 0.429. The number of fused-ring (bicyclic) bond motifs is 2. The molecule has 3 aromatic rings. The monoisotopic (exact) mass is 538 g/mol. The highest BCUT2D eigenvalue weighted by Crippen LogP contribution is 2.36. The lowest BCUT2D eigenvalue weighted by Crippen LogP contribution is -2.58. The van der Waals surface area contributed by atoms with Crippen LogP contribution in [-0.2, 0) is 21.1 Å². The topological polar surface area (TPSA) is 93.7 Å². The fourth-order valence-corrected chi connectivity index (χ4v) is 7.06. The Morgan fingerprint density at radius 3 is 2.50 bits per heavy atom.